The number of likely N-dealkylation sites (tertiary alicyclic amines) is 1. The number of ether oxygens (including phenoxy) is 1. The lowest BCUT2D eigenvalue weighted by Crippen LogP contribution is -2.39. The van der Waals surface area contributed by atoms with E-state index >= 15 is 0 Å². The standard InChI is InChI=1S/C19H25N3O3/c1-14-6-3-8-17(12-14)24-11-5-9-18(23)22-10-4-7-16(13-22)19-20-15(2)25-21-19/h3,6,8,12,16H,4-5,7,9-11,13H2,1-2H3. The number of benzene rings is 1. The van der Waals surface area contributed by atoms with Gasteiger partial charge in [0.05, 0.1) is 6.61 Å². The molecule has 0 bridgehead atoms. The normalized spacial score (nSPS) is 17.5. The van der Waals surface area contributed by atoms with E-state index in [4.69, 9.17) is 9.26 Å². The molecule has 1 atom stereocenters. The summed E-state index contributed by atoms with van der Waals surface area (Å²) >= 11 is 0. The number of carbonyl (C=O) groups excluding carboxylic acids is 1. The highest BCUT2D eigenvalue weighted by atomic mass is 16.5. The second-order valence-electron chi connectivity index (χ2n) is 6.62. The minimum Gasteiger partial charge on any atom is -0.494 e. The van der Waals surface area contributed by atoms with Crippen molar-refractivity contribution >= 4 is 5.91 Å². The molecule has 6 nitrogen and oxygen atoms in total. The van der Waals surface area contributed by atoms with Crippen LogP contribution < -0.4 is 4.74 Å². The average molecular weight is 343 g/mol. The van der Waals surface area contributed by atoms with Crippen molar-refractivity contribution in [2.75, 3.05) is 19.7 Å². The number of aryl methyl sites for hydroxylation is 2. The summed E-state index contributed by atoms with van der Waals surface area (Å²) in [6, 6.07) is 7.96. The summed E-state index contributed by atoms with van der Waals surface area (Å²) in [6.07, 6.45) is 3.20. The number of hydrogen-bond donors (Lipinski definition) is 0. The van der Waals surface area contributed by atoms with Gasteiger partial charge in [-0.2, -0.15) is 4.98 Å². The lowest BCUT2D eigenvalue weighted by Gasteiger charge is -2.31. The minimum absolute atomic E-state index is 0.178. The van der Waals surface area contributed by atoms with Gasteiger partial charge in [-0.15, -0.1) is 0 Å². The zero-order chi connectivity index (χ0) is 17.6. The second kappa shape index (κ2) is 8.14. The molecule has 1 saturated heterocycles. The molecule has 1 aliphatic heterocycles. The van der Waals surface area contributed by atoms with E-state index < -0.39 is 0 Å². The molecular weight excluding hydrogens is 318 g/mol. The molecule has 0 saturated carbocycles. The maximum atomic E-state index is 12.5. The zero-order valence-corrected chi connectivity index (χ0v) is 14.9. The van der Waals surface area contributed by atoms with Crippen molar-refractivity contribution in [1.29, 1.82) is 0 Å². The fourth-order valence-corrected chi connectivity index (χ4v) is 3.17. The fourth-order valence-electron chi connectivity index (χ4n) is 3.17. The van der Waals surface area contributed by atoms with Gasteiger partial charge in [-0.05, 0) is 43.9 Å². The van der Waals surface area contributed by atoms with Crippen molar-refractivity contribution in [2.24, 2.45) is 0 Å². The van der Waals surface area contributed by atoms with E-state index in [2.05, 4.69) is 10.1 Å². The molecule has 1 fully saturated rings. The van der Waals surface area contributed by atoms with Crippen molar-refractivity contribution in [3.63, 3.8) is 0 Å². The second-order valence-corrected chi connectivity index (χ2v) is 6.62. The van der Waals surface area contributed by atoms with Crippen molar-refractivity contribution in [3.05, 3.63) is 41.5 Å². The molecule has 1 aromatic carbocycles. The highest BCUT2D eigenvalue weighted by Gasteiger charge is 2.27. The van der Waals surface area contributed by atoms with Crippen LogP contribution in [0.3, 0.4) is 0 Å². The molecule has 1 unspecified atom stereocenters. The van der Waals surface area contributed by atoms with Gasteiger partial charge < -0.3 is 14.2 Å². The van der Waals surface area contributed by atoms with Crippen LogP contribution in [0.1, 0.15) is 48.9 Å². The first-order chi connectivity index (χ1) is 12.1. The van der Waals surface area contributed by atoms with Gasteiger partial charge >= 0.3 is 0 Å². The summed E-state index contributed by atoms with van der Waals surface area (Å²) in [5.74, 6) is 2.51. The van der Waals surface area contributed by atoms with E-state index in [9.17, 15) is 4.79 Å². The molecule has 0 radical (unpaired) electrons. The van der Waals surface area contributed by atoms with Gasteiger partial charge in [-0.25, -0.2) is 0 Å². The summed E-state index contributed by atoms with van der Waals surface area (Å²) in [6.45, 7) is 5.86. The smallest absolute Gasteiger partial charge is 0.223 e. The molecule has 1 aromatic heterocycles. The Morgan fingerprint density at radius 1 is 1.40 bits per heavy atom. The quantitative estimate of drug-likeness (QED) is 0.753. The van der Waals surface area contributed by atoms with E-state index in [-0.39, 0.29) is 11.8 Å². The van der Waals surface area contributed by atoms with Gasteiger partial charge in [0, 0.05) is 32.4 Å². The van der Waals surface area contributed by atoms with Gasteiger partial charge in [0.15, 0.2) is 5.82 Å². The van der Waals surface area contributed by atoms with Crippen LogP contribution in [0.15, 0.2) is 28.8 Å². The third kappa shape index (κ3) is 4.81. The van der Waals surface area contributed by atoms with Gasteiger partial charge in [0.1, 0.15) is 5.75 Å². The van der Waals surface area contributed by atoms with Crippen molar-refractivity contribution in [2.45, 2.75) is 45.4 Å². The molecule has 1 amide bonds. The predicted octanol–water partition coefficient (Wildman–Crippen LogP) is 3.25. The van der Waals surface area contributed by atoms with Gasteiger partial charge in [-0.1, -0.05) is 17.3 Å². The van der Waals surface area contributed by atoms with Crippen molar-refractivity contribution < 1.29 is 14.1 Å². The maximum absolute atomic E-state index is 12.5. The molecule has 2 heterocycles. The van der Waals surface area contributed by atoms with Crippen LogP contribution in [-0.4, -0.2) is 40.6 Å². The Hall–Kier alpha value is -2.37. The van der Waals surface area contributed by atoms with Crippen LogP contribution >= 0.6 is 0 Å². The summed E-state index contributed by atoms with van der Waals surface area (Å²) in [4.78, 5) is 18.7. The monoisotopic (exact) mass is 343 g/mol. The first-order valence-electron chi connectivity index (χ1n) is 8.89. The van der Waals surface area contributed by atoms with Gasteiger partial charge in [0.25, 0.3) is 0 Å². The van der Waals surface area contributed by atoms with Crippen LogP contribution in [0.5, 0.6) is 5.75 Å². The Morgan fingerprint density at radius 2 is 2.28 bits per heavy atom. The maximum Gasteiger partial charge on any atom is 0.223 e. The first-order valence-corrected chi connectivity index (χ1v) is 8.89. The Bertz CT molecular complexity index is 713. The summed E-state index contributed by atoms with van der Waals surface area (Å²) < 4.78 is 10.8. The van der Waals surface area contributed by atoms with Gasteiger partial charge in [-0.3, -0.25) is 4.79 Å². The van der Waals surface area contributed by atoms with Gasteiger partial charge in [0.2, 0.25) is 11.8 Å². The summed E-state index contributed by atoms with van der Waals surface area (Å²) in [7, 11) is 0. The first kappa shape index (κ1) is 17.5. The molecule has 0 N–H and O–H groups in total. The Labute approximate surface area is 148 Å². The fraction of sp³-hybridized carbons (Fsp3) is 0.526. The number of piperidine rings is 1. The van der Waals surface area contributed by atoms with Crippen LogP contribution in [0.25, 0.3) is 0 Å². The van der Waals surface area contributed by atoms with E-state index in [1.807, 2.05) is 36.1 Å². The summed E-state index contributed by atoms with van der Waals surface area (Å²) in [5.41, 5.74) is 1.17. The molecule has 2 aromatic rings. The van der Waals surface area contributed by atoms with Crippen LogP contribution in [0, 0.1) is 13.8 Å². The number of nitrogens with zero attached hydrogens (tertiary/aromatic N) is 3. The van der Waals surface area contributed by atoms with E-state index in [1.165, 1.54) is 5.56 Å². The Balaban J connectivity index is 1.43. The largest absolute Gasteiger partial charge is 0.494 e. The predicted molar refractivity (Wildman–Crippen MR) is 93.5 cm³/mol. The van der Waals surface area contributed by atoms with Crippen molar-refractivity contribution in [1.82, 2.24) is 15.0 Å². The van der Waals surface area contributed by atoms with Crippen molar-refractivity contribution in [3.8, 4) is 5.75 Å². The SMILES string of the molecule is Cc1cccc(OCCCC(=O)N2CCCC(c3noc(C)n3)C2)c1. The number of hydrogen-bond acceptors (Lipinski definition) is 5. The molecule has 3 rings (SSSR count). The van der Waals surface area contributed by atoms with Crippen LogP contribution in [0.4, 0.5) is 0 Å². The number of aromatic nitrogens is 2. The molecule has 134 valence electrons. The summed E-state index contributed by atoms with van der Waals surface area (Å²) in [5, 5.41) is 4.01. The van der Waals surface area contributed by atoms with Crippen LogP contribution in [-0.2, 0) is 4.79 Å². The molecule has 1 aliphatic rings. The minimum atomic E-state index is 0.178. The molecule has 25 heavy (non-hydrogen) atoms. The molecular formula is C19H25N3O3. The number of rotatable bonds is 6. The van der Waals surface area contributed by atoms with E-state index in [1.54, 1.807) is 6.92 Å². The molecule has 0 spiro atoms. The average Bonchev–Trinajstić information content (AvgIpc) is 3.05. The Morgan fingerprint density at radius 3 is 3.04 bits per heavy atom. The van der Waals surface area contributed by atoms with Crippen LogP contribution in [0.2, 0.25) is 0 Å². The van der Waals surface area contributed by atoms with E-state index in [0.717, 1.165) is 37.4 Å². The number of carbonyl (C=O) groups is 1. The zero-order valence-electron chi connectivity index (χ0n) is 14.9. The van der Waals surface area contributed by atoms with E-state index in [0.29, 0.717) is 25.5 Å². The lowest BCUT2D eigenvalue weighted by molar-refractivity contribution is -0.132. The Kier molecular flexibility index (Phi) is 5.68. The highest BCUT2D eigenvalue weighted by Crippen LogP contribution is 2.25. The highest BCUT2D eigenvalue weighted by molar-refractivity contribution is 5.76. The lowest BCUT2D eigenvalue weighted by atomic mass is 9.97. The molecule has 6 heteroatoms. The molecule has 0 aliphatic carbocycles. The number of amides is 1. The topological polar surface area (TPSA) is 68.5 Å². The third-order valence-electron chi connectivity index (χ3n) is 4.48. The third-order valence-corrected chi connectivity index (χ3v) is 4.48.